The summed E-state index contributed by atoms with van der Waals surface area (Å²) >= 11 is 0. The van der Waals surface area contributed by atoms with Crippen LogP contribution in [0.2, 0.25) is 0 Å². The smallest absolute Gasteiger partial charge is 0.290 e. The van der Waals surface area contributed by atoms with E-state index in [1.807, 2.05) is 35.2 Å². The average Bonchev–Trinajstić information content (AvgIpc) is 2.64. The molecular weight excluding hydrogens is 320 g/mol. The van der Waals surface area contributed by atoms with Gasteiger partial charge < -0.3 is 19.9 Å². The van der Waals surface area contributed by atoms with Gasteiger partial charge in [0.2, 0.25) is 0 Å². The molecule has 0 radical (unpaired) electrons. The van der Waals surface area contributed by atoms with E-state index in [0.717, 1.165) is 24.9 Å². The molecule has 1 aliphatic heterocycles. The van der Waals surface area contributed by atoms with E-state index < -0.39 is 6.10 Å². The van der Waals surface area contributed by atoms with Crippen molar-refractivity contribution in [3.8, 4) is 0 Å². The third-order valence-electron chi connectivity index (χ3n) is 4.33. The van der Waals surface area contributed by atoms with Crippen LogP contribution < -0.4 is 15.8 Å². The van der Waals surface area contributed by atoms with Gasteiger partial charge in [-0.3, -0.25) is 9.59 Å². The van der Waals surface area contributed by atoms with E-state index >= 15 is 0 Å². The number of amides is 1. The van der Waals surface area contributed by atoms with Crippen LogP contribution in [0.15, 0.2) is 47.5 Å². The van der Waals surface area contributed by atoms with Crippen molar-refractivity contribution in [2.75, 3.05) is 25.1 Å². The Morgan fingerprint density at radius 3 is 2.92 bits per heavy atom. The molecule has 1 fully saturated rings. The van der Waals surface area contributed by atoms with Crippen molar-refractivity contribution in [3.63, 3.8) is 0 Å². The molecule has 0 bridgehead atoms. The summed E-state index contributed by atoms with van der Waals surface area (Å²) in [6.07, 6.45) is 4.17. The number of benzene rings is 1. The van der Waals surface area contributed by atoms with Gasteiger partial charge in [-0.2, -0.15) is 0 Å². The molecular formula is C18H22N4O3. The topological polar surface area (TPSA) is 87.3 Å². The minimum absolute atomic E-state index is 0.0518. The Hall–Kier alpha value is -2.67. The second-order valence-corrected chi connectivity index (χ2v) is 6.06. The zero-order valence-electron chi connectivity index (χ0n) is 14.1. The molecule has 2 N–H and O–H groups in total. The molecule has 7 heteroatoms. The Morgan fingerprint density at radius 1 is 1.40 bits per heavy atom. The lowest BCUT2D eigenvalue weighted by molar-refractivity contribution is -0.132. The highest BCUT2D eigenvalue weighted by Gasteiger charge is 2.27. The molecule has 2 heterocycles. The molecule has 0 spiro atoms. The Labute approximate surface area is 146 Å². The molecule has 25 heavy (non-hydrogen) atoms. The fraction of sp³-hybridized carbons (Fsp3) is 0.389. The molecule has 0 unspecified atom stereocenters. The van der Waals surface area contributed by atoms with Gasteiger partial charge in [-0.25, -0.2) is 4.98 Å². The number of aromatic nitrogens is 2. The Kier molecular flexibility index (Phi) is 5.45. The zero-order chi connectivity index (χ0) is 17.6. The Balaban J connectivity index is 1.67. The van der Waals surface area contributed by atoms with Gasteiger partial charge in [-0.15, -0.1) is 0 Å². The van der Waals surface area contributed by atoms with E-state index in [1.165, 1.54) is 13.3 Å². The van der Waals surface area contributed by atoms with E-state index in [-0.39, 0.29) is 17.5 Å². The highest BCUT2D eigenvalue weighted by Crippen LogP contribution is 2.19. The highest BCUT2D eigenvalue weighted by atomic mass is 16.5. The normalized spacial score (nSPS) is 18.6. The first-order chi connectivity index (χ1) is 12.2. The molecule has 7 nitrogen and oxygen atoms in total. The summed E-state index contributed by atoms with van der Waals surface area (Å²) in [7, 11) is 1.53. The number of anilines is 1. The molecule has 0 aliphatic carbocycles. The zero-order valence-corrected chi connectivity index (χ0v) is 14.1. The predicted octanol–water partition coefficient (Wildman–Crippen LogP) is 1.24. The summed E-state index contributed by atoms with van der Waals surface area (Å²) in [5.41, 5.74) is 0.602. The molecule has 1 aliphatic rings. The minimum atomic E-state index is -0.644. The monoisotopic (exact) mass is 342 g/mol. The molecule has 1 saturated heterocycles. The summed E-state index contributed by atoms with van der Waals surface area (Å²) in [6.45, 7) is 1.30. The Morgan fingerprint density at radius 2 is 2.20 bits per heavy atom. The van der Waals surface area contributed by atoms with E-state index in [9.17, 15) is 9.59 Å². The first kappa shape index (κ1) is 17.2. The van der Waals surface area contributed by atoms with E-state index in [0.29, 0.717) is 12.4 Å². The maximum atomic E-state index is 12.6. The van der Waals surface area contributed by atoms with Gasteiger partial charge >= 0.3 is 0 Å². The number of nitrogens with zero attached hydrogens (tertiary/aromatic N) is 2. The van der Waals surface area contributed by atoms with Gasteiger partial charge in [-0.1, -0.05) is 30.3 Å². The van der Waals surface area contributed by atoms with Crippen LogP contribution in [0.5, 0.6) is 0 Å². The standard InChI is InChI=1S/C18H22N4O3/c1-25-15(13-6-3-2-4-7-13)17(23)21-14-8-5-11-22(12-14)16-18(24)20-10-9-19-16/h2-4,6-7,9-10,14-15H,5,8,11-12H2,1H3,(H,20,24)(H,21,23)/t14-,15+/m0/s1. The lowest BCUT2D eigenvalue weighted by atomic mass is 10.0. The fourth-order valence-corrected chi connectivity index (χ4v) is 3.16. The molecule has 1 amide bonds. The molecule has 1 aromatic carbocycles. The van der Waals surface area contributed by atoms with Gasteiger partial charge in [0.25, 0.3) is 11.5 Å². The van der Waals surface area contributed by atoms with Crippen LogP contribution in [0.25, 0.3) is 0 Å². The molecule has 1 aromatic heterocycles. The number of carbonyl (C=O) groups excluding carboxylic acids is 1. The van der Waals surface area contributed by atoms with Crippen LogP contribution in [0.1, 0.15) is 24.5 Å². The van der Waals surface area contributed by atoms with Gasteiger partial charge in [-0.05, 0) is 18.4 Å². The number of ether oxygens (including phenoxy) is 1. The number of carbonyl (C=O) groups is 1. The van der Waals surface area contributed by atoms with Crippen molar-refractivity contribution in [2.45, 2.75) is 25.0 Å². The minimum Gasteiger partial charge on any atom is -0.367 e. The lowest BCUT2D eigenvalue weighted by Crippen LogP contribution is -2.50. The maximum absolute atomic E-state index is 12.6. The molecule has 0 saturated carbocycles. The third-order valence-corrected chi connectivity index (χ3v) is 4.33. The number of rotatable bonds is 5. The second-order valence-electron chi connectivity index (χ2n) is 6.06. The van der Waals surface area contributed by atoms with Crippen molar-refractivity contribution < 1.29 is 9.53 Å². The van der Waals surface area contributed by atoms with Crippen molar-refractivity contribution in [2.24, 2.45) is 0 Å². The number of piperidine rings is 1. The molecule has 2 aromatic rings. The average molecular weight is 342 g/mol. The number of aromatic amines is 1. The van der Waals surface area contributed by atoms with Crippen molar-refractivity contribution in [1.82, 2.24) is 15.3 Å². The van der Waals surface area contributed by atoms with Crippen LogP contribution in [-0.2, 0) is 9.53 Å². The van der Waals surface area contributed by atoms with Gasteiger partial charge in [0, 0.05) is 38.6 Å². The lowest BCUT2D eigenvalue weighted by Gasteiger charge is -2.34. The van der Waals surface area contributed by atoms with Crippen molar-refractivity contribution in [3.05, 3.63) is 58.6 Å². The molecule has 2 atom stereocenters. The van der Waals surface area contributed by atoms with Crippen LogP contribution in [0, 0.1) is 0 Å². The fourth-order valence-electron chi connectivity index (χ4n) is 3.16. The predicted molar refractivity (Wildman–Crippen MR) is 94.4 cm³/mol. The quantitative estimate of drug-likeness (QED) is 0.854. The van der Waals surface area contributed by atoms with E-state index in [1.54, 1.807) is 6.20 Å². The van der Waals surface area contributed by atoms with Crippen LogP contribution in [0.4, 0.5) is 5.82 Å². The first-order valence-corrected chi connectivity index (χ1v) is 8.36. The van der Waals surface area contributed by atoms with Gasteiger partial charge in [0.15, 0.2) is 11.9 Å². The van der Waals surface area contributed by atoms with Crippen LogP contribution >= 0.6 is 0 Å². The van der Waals surface area contributed by atoms with Gasteiger partial charge in [0.05, 0.1) is 0 Å². The second kappa shape index (κ2) is 7.94. The SMILES string of the molecule is CO[C@@H](C(=O)N[C@H]1CCCN(c2ncc[nH]c2=O)C1)c1ccccc1. The number of methoxy groups -OCH3 is 1. The number of hydrogen-bond donors (Lipinski definition) is 2. The summed E-state index contributed by atoms with van der Waals surface area (Å²) in [6, 6.07) is 9.35. The summed E-state index contributed by atoms with van der Waals surface area (Å²) in [4.78, 5) is 33.2. The summed E-state index contributed by atoms with van der Waals surface area (Å²) in [5, 5.41) is 3.04. The van der Waals surface area contributed by atoms with E-state index in [2.05, 4.69) is 15.3 Å². The summed E-state index contributed by atoms with van der Waals surface area (Å²) < 4.78 is 5.38. The van der Waals surface area contributed by atoms with Crippen LogP contribution in [0.3, 0.4) is 0 Å². The maximum Gasteiger partial charge on any atom is 0.290 e. The summed E-state index contributed by atoms with van der Waals surface area (Å²) in [5.74, 6) is 0.225. The number of H-pyrrole nitrogens is 1. The van der Waals surface area contributed by atoms with Crippen molar-refractivity contribution in [1.29, 1.82) is 0 Å². The van der Waals surface area contributed by atoms with Crippen LogP contribution in [-0.4, -0.2) is 42.1 Å². The molecule has 3 rings (SSSR count). The number of hydrogen-bond acceptors (Lipinski definition) is 5. The Bertz CT molecular complexity index is 762. The number of nitrogens with one attached hydrogen (secondary N) is 2. The first-order valence-electron chi connectivity index (χ1n) is 8.36. The van der Waals surface area contributed by atoms with Gasteiger partial charge in [0.1, 0.15) is 0 Å². The van der Waals surface area contributed by atoms with E-state index in [4.69, 9.17) is 4.74 Å². The van der Waals surface area contributed by atoms with Crippen molar-refractivity contribution >= 4 is 11.7 Å². The largest absolute Gasteiger partial charge is 0.367 e. The molecule has 132 valence electrons. The third kappa shape index (κ3) is 4.06. The highest BCUT2D eigenvalue weighted by molar-refractivity contribution is 5.82.